The third-order valence-corrected chi connectivity index (χ3v) is 14.2. The minimum absolute atomic E-state index is 0.552. The molecule has 15 rings (SSSR count). The van der Waals surface area contributed by atoms with Crippen molar-refractivity contribution in [3.63, 3.8) is 0 Å². The first-order valence-corrected chi connectivity index (χ1v) is 23.7. The van der Waals surface area contributed by atoms with Gasteiger partial charge >= 0.3 is 0 Å². The summed E-state index contributed by atoms with van der Waals surface area (Å²) in [4.78, 5) is 16.4. The Bertz CT molecular complexity index is 4400. The molecule has 5 aromatic heterocycles. The summed E-state index contributed by atoms with van der Waals surface area (Å²) in [6.45, 7) is 0. The average molecular weight is 894 g/mol. The third kappa shape index (κ3) is 5.66. The number of benzene rings is 10. The molecular formula is C63H39N7. The minimum atomic E-state index is 0.552. The van der Waals surface area contributed by atoms with Crippen LogP contribution < -0.4 is 0 Å². The Morgan fingerprint density at radius 2 is 0.514 bits per heavy atom. The molecule has 0 aliphatic heterocycles. The lowest BCUT2D eigenvalue weighted by atomic mass is 10.1. The highest BCUT2D eigenvalue weighted by Crippen LogP contribution is 2.41. The van der Waals surface area contributed by atoms with Crippen molar-refractivity contribution in [1.82, 2.24) is 33.2 Å². The van der Waals surface area contributed by atoms with Gasteiger partial charge in [-0.25, -0.2) is 4.98 Å². The van der Waals surface area contributed by atoms with Gasteiger partial charge in [0.25, 0.3) is 0 Å². The lowest BCUT2D eigenvalue weighted by molar-refractivity contribution is 0.954. The van der Waals surface area contributed by atoms with Crippen molar-refractivity contribution < 1.29 is 0 Å². The zero-order valence-corrected chi connectivity index (χ0v) is 37.6. The van der Waals surface area contributed by atoms with Crippen molar-refractivity contribution in [2.75, 3.05) is 0 Å². The van der Waals surface area contributed by atoms with E-state index in [-0.39, 0.29) is 0 Å². The lowest BCUT2D eigenvalue weighted by Crippen LogP contribution is -2.06. The number of fused-ring (bicyclic) bond motifs is 12. The number of aromatic nitrogens is 7. The van der Waals surface area contributed by atoms with E-state index in [1.165, 1.54) is 16.2 Å². The van der Waals surface area contributed by atoms with Crippen LogP contribution >= 0.6 is 0 Å². The largest absolute Gasteiger partial charge is 0.309 e. The summed E-state index contributed by atoms with van der Waals surface area (Å²) in [5, 5.41) is 9.18. The van der Waals surface area contributed by atoms with E-state index >= 15 is 0 Å². The number of para-hydroxylation sites is 7. The van der Waals surface area contributed by atoms with Crippen LogP contribution in [0.2, 0.25) is 0 Å². The van der Waals surface area contributed by atoms with Crippen LogP contribution in [0, 0.1) is 0 Å². The van der Waals surface area contributed by atoms with Gasteiger partial charge in [0.1, 0.15) is 0 Å². The van der Waals surface area contributed by atoms with E-state index in [2.05, 4.69) is 255 Å². The van der Waals surface area contributed by atoms with Gasteiger partial charge in [0, 0.05) is 71.3 Å². The molecule has 0 aliphatic rings. The molecule has 0 saturated heterocycles. The van der Waals surface area contributed by atoms with E-state index in [1.807, 2.05) is 0 Å². The first-order valence-electron chi connectivity index (χ1n) is 23.7. The van der Waals surface area contributed by atoms with Crippen molar-refractivity contribution in [1.29, 1.82) is 0 Å². The van der Waals surface area contributed by atoms with E-state index in [9.17, 15) is 0 Å². The first kappa shape index (κ1) is 38.5. The van der Waals surface area contributed by atoms with Gasteiger partial charge in [-0.15, -0.1) is 0 Å². The fourth-order valence-corrected chi connectivity index (χ4v) is 11.2. The molecule has 326 valence electrons. The predicted molar refractivity (Wildman–Crippen MR) is 288 cm³/mol. The van der Waals surface area contributed by atoms with Gasteiger partial charge < -0.3 is 13.7 Å². The first-order chi connectivity index (χ1) is 34.7. The van der Waals surface area contributed by atoms with E-state index < -0.39 is 0 Å². The van der Waals surface area contributed by atoms with Crippen molar-refractivity contribution in [3.05, 3.63) is 237 Å². The normalized spacial score (nSPS) is 12.0. The Labute approximate surface area is 401 Å². The molecule has 0 bridgehead atoms. The van der Waals surface area contributed by atoms with Crippen molar-refractivity contribution in [2.24, 2.45) is 0 Å². The third-order valence-electron chi connectivity index (χ3n) is 14.2. The van der Waals surface area contributed by atoms with Crippen LogP contribution in [0.15, 0.2) is 237 Å². The van der Waals surface area contributed by atoms with Gasteiger partial charge in [-0.2, -0.15) is 9.97 Å². The van der Waals surface area contributed by atoms with Crippen molar-refractivity contribution in [3.8, 4) is 45.8 Å². The number of hydrogen-bond acceptors (Lipinski definition) is 3. The highest BCUT2D eigenvalue weighted by Gasteiger charge is 2.23. The molecular weight excluding hydrogens is 855 g/mol. The highest BCUT2D eigenvalue weighted by molar-refractivity contribution is 6.19. The second-order valence-corrected chi connectivity index (χ2v) is 18.0. The van der Waals surface area contributed by atoms with Crippen LogP contribution in [0.1, 0.15) is 0 Å². The molecule has 0 unspecified atom stereocenters. The second-order valence-electron chi connectivity index (χ2n) is 18.0. The summed E-state index contributed by atoms with van der Waals surface area (Å²) in [5.74, 6) is 1.74. The van der Waals surface area contributed by atoms with Crippen LogP contribution in [-0.2, 0) is 0 Å². The molecule has 7 heteroatoms. The SMILES string of the molecule is c1ccc(-n2c3ccccc3c3cc(-c4nc(-c5ccc6c(c5)c5ccccc5n6-c5ccccc5)nc(-n5c6ccccc6c6cc7c(cc65)c5ccccc5n7-c5ccccc5)n4)ccc32)cc1. The molecule has 10 aromatic carbocycles. The van der Waals surface area contributed by atoms with Crippen LogP contribution in [-0.4, -0.2) is 33.2 Å². The van der Waals surface area contributed by atoms with E-state index in [4.69, 9.17) is 15.0 Å². The van der Waals surface area contributed by atoms with Crippen LogP contribution in [0.25, 0.3) is 133 Å². The lowest BCUT2D eigenvalue weighted by Gasteiger charge is -2.12. The Hall–Kier alpha value is -9.59. The molecule has 0 saturated carbocycles. The maximum Gasteiger partial charge on any atom is 0.238 e. The Morgan fingerprint density at radius 1 is 0.214 bits per heavy atom. The number of rotatable bonds is 6. The Kier molecular flexibility index (Phi) is 8.23. The summed E-state index contributed by atoms with van der Waals surface area (Å²) in [6.07, 6.45) is 0. The number of hydrogen-bond donors (Lipinski definition) is 0. The molecule has 15 aromatic rings. The summed E-state index contributed by atoms with van der Waals surface area (Å²) in [5.41, 5.74) is 14.0. The Balaban J connectivity index is 1.01. The van der Waals surface area contributed by atoms with Gasteiger partial charge in [-0.3, -0.25) is 4.57 Å². The fourth-order valence-electron chi connectivity index (χ4n) is 11.2. The minimum Gasteiger partial charge on any atom is -0.309 e. The molecule has 0 aliphatic carbocycles. The zero-order valence-electron chi connectivity index (χ0n) is 37.6. The molecule has 0 radical (unpaired) electrons. The monoisotopic (exact) mass is 893 g/mol. The molecule has 70 heavy (non-hydrogen) atoms. The highest BCUT2D eigenvalue weighted by atomic mass is 15.2. The van der Waals surface area contributed by atoms with Gasteiger partial charge in [-0.1, -0.05) is 127 Å². The molecule has 0 N–H and O–H groups in total. The quantitative estimate of drug-likeness (QED) is 0.167. The summed E-state index contributed by atoms with van der Waals surface area (Å²) >= 11 is 0. The Morgan fingerprint density at radius 3 is 0.914 bits per heavy atom. The van der Waals surface area contributed by atoms with E-state index in [1.54, 1.807) is 0 Å². The topological polar surface area (TPSA) is 58.4 Å². The summed E-state index contributed by atoms with van der Waals surface area (Å²) < 4.78 is 9.30. The zero-order chi connectivity index (χ0) is 45.9. The van der Waals surface area contributed by atoms with E-state index in [0.29, 0.717) is 17.6 Å². The summed E-state index contributed by atoms with van der Waals surface area (Å²) in [6, 6.07) is 84.3. The fraction of sp³-hybridized carbons (Fsp3) is 0. The molecule has 0 spiro atoms. The maximum atomic E-state index is 5.50. The van der Waals surface area contributed by atoms with E-state index in [0.717, 1.165) is 99.3 Å². The van der Waals surface area contributed by atoms with Crippen molar-refractivity contribution in [2.45, 2.75) is 0 Å². The standard InChI is InChI=1S/C63H39N7/c1-4-18-42(19-5-1)67-53-28-14-10-24-45(53)49-36-40(32-34-57(49)67)61-64-62(41-33-35-58-50(37-41)46-25-11-15-29-54(46)68(58)43-20-6-2-7-21-43)66-63(65-61)70-56-31-17-13-27-48(56)52-38-59-51(39-60(52)70)47-26-12-16-30-55(47)69(59)44-22-8-3-9-23-44/h1-39H. The molecule has 0 atom stereocenters. The van der Waals surface area contributed by atoms with Gasteiger partial charge in [0.2, 0.25) is 5.95 Å². The number of nitrogens with zero attached hydrogens (tertiary/aromatic N) is 7. The summed E-state index contributed by atoms with van der Waals surface area (Å²) in [7, 11) is 0. The maximum absolute atomic E-state index is 5.50. The second kappa shape index (κ2) is 15.0. The van der Waals surface area contributed by atoms with Crippen LogP contribution in [0.5, 0.6) is 0 Å². The van der Waals surface area contributed by atoms with Gasteiger partial charge in [0.05, 0.1) is 44.1 Å². The molecule has 0 fully saturated rings. The molecule has 7 nitrogen and oxygen atoms in total. The van der Waals surface area contributed by atoms with Gasteiger partial charge in [0.15, 0.2) is 11.6 Å². The predicted octanol–water partition coefficient (Wildman–Crippen LogP) is 15.6. The van der Waals surface area contributed by atoms with Crippen LogP contribution in [0.3, 0.4) is 0 Å². The average Bonchev–Trinajstić information content (AvgIpc) is 4.15. The van der Waals surface area contributed by atoms with Crippen LogP contribution in [0.4, 0.5) is 0 Å². The van der Waals surface area contributed by atoms with Crippen molar-refractivity contribution >= 4 is 87.2 Å². The molecule has 5 heterocycles. The van der Waals surface area contributed by atoms with Gasteiger partial charge in [-0.05, 0) is 109 Å². The molecule has 0 amide bonds. The smallest absolute Gasteiger partial charge is 0.238 e.